The molecule has 3 aromatic rings. The molecule has 1 saturated heterocycles. The van der Waals surface area contributed by atoms with Crippen LogP contribution in [0.15, 0.2) is 89.9 Å². The average molecular weight is 709 g/mol. The van der Waals surface area contributed by atoms with Gasteiger partial charge in [0.15, 0.2) is 11.6 Å². The molecule has 7 nitrogen and oxygen atoms in total. The molecule has 48 heavy (non-hydrogen) atoms. The monoisotopic (exact) mass is 708 g/mol. The third-order valence-electron chi connectivity index (χ3n) is 8.66. The van der Waals surface area contributed by atoms with Crippen LogP contribution < -0.4 is 0 Å². The number of carboxylic acids is 1. The van der Waals surface area contributed by atoms with Gasteiger partial charge in [-0.2, -0.15) is 13.2 Å². The van der Waals surface area contributed by atoms with Crippen LogP contribution in [-0.4, -0.2) is 63.1 Å². The number of aliphatic imine (C=N–C) groups is 1. The molecule has 0 bridgehead atoms. The zero-order valence-corrected chi connectivity index (χ0v) is 28.0. The molecule has 3 atom stereocenters. The number of rotatable bonds is 16. The molecular weight excluding hydrogens is 666 g/mol. The maximum absolute atomic E-state index is 14.6. The number of hydrogen-bond acceptors (Lipinski definition) is 5. The number of halogens is 3. The zero-order chi connectivity index (χ0) is 33.9. The Balaban J connectivity index is 0.00000625. The smallest absolute Gasteiger partial charge is 0.419 e. The summed E-state index contributed by atoms with van der Waals surface area (Å²) in [6.45, 7) is 3.31. The van der Waals surface area contributed by atoms with Gasteiger partial charge in [0, 0.05) is 28.6 Å². The first-order valence-electron chi connectivity index (χ1n) is 16.3. The molecule has 0 saturated carbocycles. The summed E-state index contributed by atoms with van der Waals surface area (Å²) in [6, 6.07) is 21.3. The predicted octanol–water partition coefficient (Wildman–Crippen LogP) is 8.22. The van der Waals surface area contributed by atoms with Gasteiger partial charge in [-0.1, -0.05) is 130 Å². The number of aliphatic carboxylic acids is 1. The van der Waals surface area contributed by atoms with E-state index in [1.54, 1.807) is 54.6 Å². The van der Waals surface area contributed by atoms with Crippen molar-refractivity contribution < 1.29 is 49.5 Å². The maximum Gasteiger partial charge on any atom is 0.419 e. The molecule has 11 heteroatoms. The molecule has 4 rings (SSSR count). The summed E-state index contributed by atoms with van der Waals surface area (Å²) in [5.41, 5.74) is -2.00. The first-order chi connectivity index (χ1) is 22.5. The number of unbranched alkanes of at least 4 members (excludes halogenated alkanes) is 5. The van der Waals surface area contributed by atoms with Crippen LogP contribution in [0, 0.1) is 0 Å². The normalized spacial score (nSPS) is 17.3. The second-order valence-electron chi connectivity index (χ2n) is 12.1. The van der Waals surface area contributed by atoms with Gasteiger partial charge in [-0.25, -0.2) is 4.79 Å². The van der Waals surface area contributed by atoms with Crippen molar-refractivity contribution in [1.82, 2.24) is 4.90 Å². The van der Waals surface area contributed by atoms with Gasteiger partial charge in [0.05, 0.1) is 17.7 Å². The Morgan fingerprint density at radius 3 is 2.17 bits per heavy atom. The molecule has 0 aliphatic carbocycles. The second-order valence-corrected chi connectivity index (χ2v) is 12.1. The Morgan fingerprint density at radius 1 is 0.917 bits per heavy atom. The zero-order valence-electron chi connectivity index (χ0n) is 27.0. The van der Waals surface area contributed by atoms with Gasteiger partial charge in [-0.3, -0.25) is 9.89 Å². The van der Waals surface area contributed by atoms with Crippen LogP contribution in [0.4, 0.5) is 18.9 Å². The Morgan fingerprint density at radius 2 is 1.52 bits per heavy atom. The van der Waals surface area contributed by atoms with E-state index in [-0.39, 0.29) is 39.9 Å². The molecule has 2 N–H and O–H groups in total. The first-order valence-corrected chi connectivity index (χ1v) is 16.3. The SMILES string of the molecule is CCCCCCCC[C@](O)([C@H](N=C(c1ccccc1)c1ccccc1[N-]C(=O)[C@@H]1CCCN1Cc1ccccc1)C(=O)O)C(F)(F)F.[Ni]. The number of benzene rings is 3. The van der Waals surface area contributed by atoms with Crippen molar-refractivity contribution in [2.75, 3.05) is 6.54 Å². The summed E-state index contributed by atoms with van der Waals surface area (Å²) in [5, 5.41) is 25.7. The molecule has 0 spiro atoms. The number of carboxylic acid groups (broad SMARTS) is 1. The third kappa shape index (κ3) is 10.00. The van der Waals surface area contributed by atoms with Crippen LogP contribution in [0.25, 0.3) is 5.32 Å². The van der Waals surface area contributed by atoms with Gasteiger partial charge in [0.1, 0.15) is 0 Å². The fourth-order valence-electron chi connectivity index (χ4n) is 6.08. The number of carbonyl (C=O) groups excluding carboxylic acids is 1. The number of amides is 1. The molecule has 1 fully saturated rings. The van der Waals surface area contributed by atoms with E-state index in [0.29, 0.717) is 37.9 Å². The van der Waals surface area contributed by atoms with Crippen LogP contribution in [0.5, 0.6) is 0 Å². The van der Waals surface area contributed by atoms with Gasteiger partial charge in [0.25, 0.3) is 0 Å². The van der Waals surface area contributed by atoms with Crippen molar-refractivity contribution >= 4 is 23.3 Å². The van der Waals surface area contributed by atoms with E-state index >= 15 is 0 Å². The minimum absolute atomic E-state index is 0. The van der Waals surface area contributed by atoms with E-state index < -0.39 is 42.2 Å². The largest absolute Gasteiger partial charge is 0.625 e. The maximum atomic E-state index is 14.6. The van der Waals surface area contributed by atoms with E-state index in [1.807, 2.05) is 37.3 Å². The van der Waals surface area contributed by atoms with Crippen molar-refractivity contribution in [3.05, 3.63) is 107 Å². The van der Waals surface area contributed by atoms with Crippen molar-refractivity contribution in [2.24, 2.45) is 4.99 Å². The topological polar surface area (TPSA) is 104 Å². The van der Waals surface area contributed by atoms with E-state index in [0.717, 1.165) is 31.2 Å². The van der Waals surface area contributed by atoms with Crippen molar-refractivity contribution in [2.45, 2.75) is 95.1 Å². The third-order valence-corrected chi connectivity index (χ3v) is 8.66. The Hall–Kier alpha value is -3.53. The summed E-state index contributed by atoms with van der Waals surface area (Å²) < 4.78 is 43.7. The Bertz CT molecular complexity index is 1490. The molecule has 0 unspecified atom stereocenters. The first kappa shape index (κ1) is 38.9. The van der Waals surface area contributed by atoms with Crippen LogP contribution in [-0.2, 0) is 32.6 Å². The van der Waals surface area contributed by atoms with E-state index in [4.69, 9.17) is 0 Å². The van der Waals surface area contributed by atoms with E-state index in [1.165, 1.54) is 0 Å². The second kappa shape index (κ2) is 18.3. The van der Waals surface area contributed by atoms with Crippen molar-refractivity contribution in [3.8, 4) is 0 Å². The number of hydrogen-bond donors (Lipinski definition) is 2. The number of carbonyl (C=O) groups is 2. The van der Waals surface area contributed by atoms with E-state index in [9.17, 15) is 33.0 Å². The molecule has 1 heterocycles. The molecule has 262 valence electrons. The number of aliphatic hydroxyl groups is 1. The van der Waals surface area contributed by atoms with Crippen molar-refractivity contribution in [3.63, 3.8) is 0 Å². The summed E-state index contributed by atoms with van der Waals surface area (Å²) in [4.78, 5) is 32.4. The van der Waals surface area contributed by atoms with Crippen LogP contribution in [0.1, 0.15) is 81.4 Å². The predicted molar refractivity (Wildman–Crippen MR) is 177 cm³/mol. The van der Waals surface area contributed by atoms with E-state index in [2.05, 4.69) is 15.2 Å². The molecular formula is C37H43F3N3NiO4-. The molecule has 1 aliphatic rings. The van der Waals surface area contributed by atoms with Crippen LogP contribution in [0.2, 0.25) is 0 Å². The quantitative estimate of drug-likeness (QED) is 0.0887. The standard InChI is InChI=1S/C37H44F3N3O4.Ni/c1-2-3-4-5-6-15-24-36(47,37(38,39)40)33(35(45)46)42-32(28-19-11-8-12-20-28)29-21-13-14-22-30(29)41-34(44)31-23-16-25-43(31)26-27-17-9-7-10-18-27;/h7-14,17-22,31,33,47H,2-6,15-16,23-26H2,1H3,(H2,41,42,44,45,46);/p-1/t31-,33+,36-;/m0./s1. The average Bonchev–Trinajstić information content (AvgIpc) is 3.52. The fourth-order valence-corrected chi connectivity index (χ4v) is 6.08. The molecule has 3 aromatic carbocycles. The molecule has 0 radical (unpaired) electrons. The van der Waals surface area contributed by atoms with Gasteiger partial charge < -0.3 is 20.3 Å². The summed E-state index contributed by atoms with van der Waals surface area (Å²) in [7, 11) is 0. The Labute approximate surface area is 290 Å². The number of nitrogens with zero attached hydrogens (tertiary/aromatic N) is 3. The summed E-state index contributed by atoms with van der Waals surface area (Å²) in [6.07, 6.45) is -0.798. The summed E-state index contributed by atoms with van der Waals surface area (Å²) >= 11 is 0. The minimum atomic E-state index is -5.27. The Kier molecular flexibility index (Phi) is 14.8. The van der Waals surface area contributed by atoms with Gasteiger partial charge in [0.2, 0.25) is 0 Å². The van der Waals surface area contributed by atoms with Gasteiger partial charge in [-0.05, 0) is 36.9 Å². The van der Waals surface area contributed by atoms with Gasteiger partial charge >= 0.3 is 12.1 Å². The number of alkyl halides is 3. The minimum Gasteiger partial charge on any atom is -0.625 e. The molecule has 1 amide bonds. The van der Waals surface area contributed by atoms with Crippen LogP contribution >= 0.6 is 0 Å². The van der Waals surface area contributed by atoms with Gasteiger partial charge in [-0.15, -0.1) is 5.69 Å². The van der Waals surface area contributed by atoms with Crippen molar-refractivity contribution in [1.29, 1.82) is 0 Å². The molecule has 0 aromatic heterocycles. The number of para-hydroxylation sites is 1. The summed E-state index contributed by atoms with van der Waals surface area (Å²) in [5.74, 6) is -2.31. The molecule has 1 aliphatic heterocycles. The van der Waals surface area contributed by atoms with Crippen LogP contribution in [0.3, 0.4) is 0 Å². The fraction of sp³-hybridized carbons (Fsp3) is 0.432. The number of likely N-dealkylation sites (tertiary alicyclic amines) is 1.